The Hall–Kier alpha value is -10.2. The molecule has 4 aliphatic heterocycles. The molecule has 12 heterocycles. The molecule has 4 saturated carbocycles. The summed E-state index contributed by atoms with van der Waals surface area (Å²) >= 11 is 6.68. The number of para-hydroxylation sites is 2. The lowest BCUT2D eigenvalue weighted by Gasteiger charge is -2.48. The number of aromatic nitrogens is 16. The van der Waals surface area contributed by atoms with E-state index in [-0.39, 0.29) is 73.5 Å². The van der Waals surface area contributed by atoms with E-state index in [0.717, 1.165) is 124 Å². The van der Waals surface area contributed by atoms with E-state index < -0.39 is 11.2 Å². The van der Waals surface area contributed by atoms with Gasteiger partial charge >= 0.3 is 28.5 Å². The van der Waals surface area contributed by atoms with Crippen LogP contribution in [0.4, 0.5) is 0 Å². The number of hydrogen-bond donors (Lipinski definition) is 4. The van der Waals surface area contributed by atoms with Crippen molar-refractivity contribution in [3.63, 3.8) is 0 Å². The molecule has 4 aliphatic carbocycles. The Kier molecular flexibility index (Phi) is 22.9. The number of nitrogens with one attached hydrogen (secondary N) is 4. The summed E-state index contributed by atoms with van der Waals surface area (Å²) in [6.45, 7) is 23.1. The maximum Gasteiger partial charge on any atom is 0.632 e. The minimum atomic E-state index is -0.428. The van der Waals surface area contributed by atoms with Gasteiger partial charge in [0.05, 0.1) is 48.7 Å². The lowest BCUT2D eigenvalue weighted by Crippen LogP contribution is -2.50. The number of H-pyrrole nitrogens is 4. The SMILES string of the molecule is CC1(C)C2CCC1(C)C1(c3ccccc3)OB(c3ccc(CSc4ncnc5nc[nH]c45)cc3)OC21.CC1(C)C2CCC1(C)C1OB(c3ccc(CSc4ncnc5nc[nH]c45)cc3)OC21c1ccccc1.CCCCC1(C)OB(c2ccc(CSc3ncnc4nc[nH]c34)cc2)OC1(C)C.c1ccc2c(c1)OB(c1ccc(CSc3ncnc4nc[nH]c34)cc1)O2. The third-order valence-corrected chi connectivity index (χ3v) is 33.1. The monoisotopic (exact) mass is 1760 g/mol. The van der Waals surface area contributed by atoms with Gasteiger partial charge in [-0.1, -0.05) is 278 Å². The number of imidazole rings is 4. The molecule has 0 amide bonds. The van der Waals surface area contributed by atoms with E-state index in [1.165, 1.54) is 52.6 Å². The number of thioether (sulfide) groups is 4. The first-order valence-electron chi connectivity index (χ1n) is 43.6. The second-order valence-electron chi connectivity index (χ2n) is 36.3. The molecule has 0 spiro atoms. The maximum atomic E-state index is 7.07. The van der Waals surface area contributed by atoms with Crippen LogP contribution in [-0.2, 0) is 62.1 Å². The average molecular weight is 1760 g/mol. The first-order chi connectivity index (χ1) is 61.7. The summed E-state index contributed by atoms with van der Waals surface area (Å²) in [4.78, 5) is 63.5. The Balaban J connectivity index is 0.000000108. The normalized spacial score (nSPS) is 24.6. The number of benzene rings is 7. The summed E-state index contributed by atoms with van der Waals surface area (Å²) in [5.74, 6) is 5.71. The molecule has 23 rings (SSSR count). The van der Waals surface area contributed by atoms with E-state index >= 15 is 0 Å². The molecule has 4 bridgehead atoms. The molecule has 0 radical (unpaired) electrons. The van der Waals surface area contributed by atoms with Gasteiger partial charge in [0.2, 0.25) is 0 Å². The van der Waals surface area contributed by atoms with Gasteiger partial charge in [0.1, 0.15) is 90.2 Å². The molecule has 3 saturated heterocycles. The molecular formula is C95H98B4N16O8S4. The van der Waals surface area contributed by atoms with Crippen molar-refractivity contribution >= 4 is 142 Å². The standard InChI is InChI=1S/2C28H29BN4O2S.C21H27BN4O2S.C18H13BN4O2S/c1-26(2)21-13-14-27(26,3)25-28(21,19-7-5-4-6-8-19)35-29(34-25)20-11-9-18(10-12-20)15-36-24-22-23(31-16-30-22)32-17-33-24;1-26(2)21-13-14-27(26,3)28(19-7-5-4-6-8-19)23(21)34-29(35-28)20-11-9-18(10-12-20)15-36-25-22-24(31-16-30-22)32-17-33-25;1-5-6-11-21(4)20(2,3)27-22(28-21)16-9-7-15(8-10-16)12-29-19-17-18(24-13-23-17)25-14-26-19;1-2-4-15-14(3-1)24-19(25-15)13-7-5-12(6-8-13)9-26-18-16-17(21-10-20-16)22-11-23-18/h4-12,16-17,21,25H,13-15H2,1-3H3,(H,30,31,32,33);4-12,16-17,21,23H,13-15H2,1-3H3,(H,30,31,32,33);7-10,13-14H,5-6,11-12H2,1-4H3,(H,23,24,25,26);1-8,10-11H,9H2,(H,20,21,22,23). The molecule has 4 N–H and O–H groups in total. The van der Waals surface area contributed by atoms with Gasteiger partial charge in [-0.3, -0.25) is 0 Å². The number of aromatic amines is 4. The van der Waals surface area contributed by atoms with Crippen LogP contribution in [-0.4, -0.2) is 132 Å². The van der Waals surface area contributed by atoms with Gasteiger partial charge in [0.25, 0.3) is 0 Å². The van der Waals surface area contributed by atoms with Crippen molar-refractivity contribution in [2.45, 2.75) is 192 Å². The van der Waals surface area contributed by atoms with Gasteiger partial charge in [0.15, 0.2) is 22.6 Å². The van der Waals surface area contributed by atoms with Crippen LogP contribution in [0, 0.1) is 33.5 Å². The van der Waals surface area contributed by atoms with E-state index in [4.69, 9.17) is 37.2 Å². The molecule has 7 aromatic carbocycles. The second-order valence-corrected chi connectivity index (χ2v) is 40.2. The van der Waals surface area contributed by atoms with Crippen molar-refractivity contribution in [3.8, 4) is 11.5 Å². The third kappa shape index (κ3) is 15.2. The van der Waals surface area contributed by atoms with E-state index in [1.54, 1.807) is 97.7 Å². The second kappa shape index (κ2) is 34.3. The molecule has 32 heteroatoms. The molecule has 9 unspecified atom stereocenters. The molecule has 7 fully saturated rings. The van der Waals surface area contributed by atoms with Crippen LogP contribution in [0.2, 0.25) is 0 Å². The molecular weight excluding hydrogens is 1660 g/mol. The van der Waals surface area contributed by atoms with Gasteiger partial charge in [0, 0.05) is 39.3 Å². The summed E-state index contributed by atoms with van der Waals surface area (Å²) in [6, 6.07) is 63.3. The lowest BCUT2D eigenvalue weighted by molar-refractivity contribution is -0.0800. The largest absolute Gasteiger partial charge is 0.632 e. The molecule has 24 nitrogen and oxygen atoms in total. The van der Waals surface area contributed by atoms with Crippen LogP contribution in [0.15, 0.2) is 253 Å². The van der Waals surface area contributed by atoms with Crippen LogP contribution in [0.5, 0.6) is 11.5 Å². The van der Waals surface area contributed by atoms with E-state index in [0.29, 0.717) is 34.4 Å². The fourth-order valence-corrected chi connectivity index (χ4v) is 24.4. The van der Waals surface area contributed by atoms with Gasteiger partial charge in [-0.05, 0) is 137 Å². The Morgan fingerprint density at radius 2 is 0.787 bits per heavy atom. The smallest absolute Gasteiger partial charge is 0.519 e. The van der Waals surface area contributed by atoms with Crippen molar-refractivity contribution in [1.29, 1.82) is 0 Å². The van der Waals surface area contributed by atoms with Crippen LogP contribution < -0.4 is 31.2 Å². The Morgan fingerprint density at radius 1 is 0.386 bits per heavy atom. The lowest BCUT2D eigenvalue weighted by atomic mass is 9.61. The summed E-state index contributed by atoms with van der Waals surface area (Å²) in [7, 11) is -1.43. The van der Waals surface area contributed by atoms with Crippen LogP contribution in [0.3, 0.4) is 0 Å². The highest BCUT2D eigenvalue weighted by atomic mass is 32.2. The minimum absolute atomic E-state index is 0.0115. The zero-order valence-electron chi connectivity index (χ0n) is 72.6. The van der Waals surface area contributed by atoms with Crippen molar-refractivity contribution in [3.05, 3.63) is 266 Å². The van der Waals surface area contributed by atoms with Gasteiger partial charge < -0.3 is 57.2 Å². The summed E-state index contributed by atoms with van der Waals surface area (Å²) in [6.07, 6.45) is 20.9. The minimum Gasteiger partial charge on any atom is -0.519 e. The van der Waals surface area contributed by atoms with Crippen molar-refractivity contribution < 1.29 is 37.2 Å². The molecule has 8 aliphatic rings. The highest BCUT2D eigenvalue weighted by molar-refractivity contribution is 7.99. The summed E-state index contributed by atoms with van der Waals surface area (Å²) in [5.41, 5.74) is 16.8. The number of unbranched alkanes of at least 4 members (excludes halogenated alkanes) is 1. The predicted octanol–water partition coefficient (Wildman–Crippen LogP) is 17.1. The molecule has 127 heavy (non-hydrogen) atoms. The average Bonchev–Trinajstić information content (AvgIpc) is 1.50. The highest BCUT2D eigenvalue weighted by Gasteiger charge is 2.80. The third-order valence-electron chi connectivity index (χ3n) is 28.9. The summed E-state index contributed by atoms with van der Waals surface area (Å²) < 4.78 is 52.2. The molecule has 9 atom stereocenters. The molecule has 15 aromatic rings. The zero-order chi connectivity index (χ0) is 86.9. The Labute approximate surface area is 756 Å². The molecule has 8 aromatic heterocycles. The van der Waals surface area contributed by atoms with Crippen LogP contribution in [0.25, 0.3) is 44.7 Å². The fraction of sp³-hybridized carbons (Fsp3) is 0.347. The topological polar surface area (TPSA) is 292 Å². The van der Waals surface area contributed by atoms with Gasteiger partial charge in [-0.25, -0.2) is 59.8 Å². The molecule has 642 valence electrons. The maximum absolute atomic E-state index is 7.07. The van der Waals surface area contributed by atoms with E-state index in [9.17, 15) is 0 Å². The van der Waals surface area contributed by atoms with E-state index in [2.05, 4.69) is 295 Å². The van der Waals surface area contributed by atoms with Crippen molar-refractivity contribution in [2.75, 3.05) is 0 Å². The number of hydrogen-bond acceptors (Lipinski definition) is 24. The zero-order valence-corrected chi connectivity index (χ0v) is 75.9. The number of rotatable bonds is 21. The highest BCUT2D eigenvalue weighted by Crippen LogP contribution is 2.77. The van der Waals surface area contributed by atoms with Crippen LogP contribution >= 0.6 is 47.0 Å². The Morgan fingerprint density at radius 3 is 1.22 bits per heavy atom. The fourth-order valence-electron chi connectivity index (χ4n) is 20.8. The quantitative estimate of drug-likeness (QED) is 0.0295. The van der Waals surface area contributed by atoms with E-state index in [1.807, 2.05) is 36.4 Å². The van der Waals surface area contributed by atoms with Crippen LogP contribution in [0.1, 0.15) is 148 Å². The predicted molar refractivity (Wildman–Crippen MR) is 502 cm³/mol. The number of fused-ring (bicyclic) bond motifs is 15. The van der Waals surface area contributed by atoms with Gasteiger partial charge in [-0.2, -0.15) is 0 Å². The number of nitrogens with zero attached hydrogens (tertiary/aromatic N) is 12. The Bertz CT molecular complexity index is 6290. The first kappa shape index (κ1) is 84.9. The van der Waals surface area contributed by atoms with Gasteiger partial charge in [-0.15, -0.1) is 0 Å². The van der Waals surface area contributed by atoms with Crippen molar-refractivity contribution in [2.24, 2.45) is 33.5 Å². The van der Waals surface area contributed by atoms with Crippen molar-refractivity contribution in [1.82, 2.24) is 79.7 Å². The first-order valence-corrected chi connectivity index (χ1v) is 47.6. The summed E-state index contributed by atoms with van der Waals surface area (Å²) in [5, 5.41) is 3.63.